The van der Waals surface area contributed by atoms with E-state index in [9.17, 15) is 0 Å². The molecule has 0 aliphatic heterocycles. The average Bonchev–Trinajstić information content (AvgIpc) is 1.36. The molecular formula is H8Cl4N2O2Sn. The van der Waals surface area contributed by atoms with E-state index in [-0.39, 0.29) is 11.0 Å². The van der Waals surface area contributed by atoms with Gasteiger partial charge in [0.2, 0.25) is 0 Å². The summed E-state index contributed by atoms with van der Waals surface area (Å²) in [6.45, 7) is 0. The van der Waals surface area contributed by atoms with Gasteiger partial charge in [0, 0.05) is 0 Å². The van der Waals surface area contributed by atoms with Crippen molar-refractivity contribution in [2.45, 2.75) is 0 Å². The number of hydrazine groups is 1. The topological polar surface area (TPSA) is 115 Å². The van der Waals surface area contributed by atoms with Gasteiger partial charge >= 0.3 is 49.6 Å². The van der Waals surface area contributed by atoms with Crippen LogP contribution in [0.1, 0.15) is 0 Å². The normalized spacial score (nSPS) is 7.33. The van der Waals surface area contributed by atoms with E-state index in [0.29, 0.717) is 0 Å². The first-order valence-electron chi connectivity index (χ1n) is 1.09. The maximum absolute atomic E-state index is 5.04. The maximum atomic E-state index is 5.04. The zero-order valence-electron chi connectivity index (χ0n) is 4.17. The van der Waals surface area contributed by atoms with Crippen LogP contribution in [0.2, 0.25) is 0 Å². The Bertz CT molecular complexity index is 32.0. The molecule has 4 nitrogen and oxygen atoms in total. The third-order valence-electron chi connectivity index (χ3n) is 0. The van der Waals surface area contributed by atoms with Gasteiger partial charge in [-0.2, -0.15) is 0 Å². The van der Waals surface area contributed by atoms with Crippen LogP contribution >= 0.6 is 35.7 Å². The summed E-state index contributed by atoms with van der Waals surface area (Å²) in [5.41, 5.74) is 0. The molecule has 8 N–H and O–H groups in total. The van der Waals surface area contributed by atoms with Gasteiger partial charge in [-0.1, -0.05) is 0 Å². The molecule has 0 rings (SSSR count). The van der Waals surface area contributed by atoms with Gasteiger partial charge in [0.1, 0.15) is 0 Å². The molecule has 0 aromatic heterocycles. The number of halogens is 4. The molecule has 0 spiro atoms. The Labute approximate surface area is 71.7 Å². The number of rotatable bonds is 0. The van der Waals surface area contributed by atoms with Crippen LogP contribution in [-0.4, -0.2) is 24.8 Å². The molecule has 9 heteroatoms. The van der Waals surface area contributed by atoms with E-state index in [1.165, 1.54) is 0 Å². The van der Waals surface area contributed by atoms with Crippen molar-refractivity contribution in [2.24, 2.45) is 11.7 Å². The predicted molar refractivity (Wildman–Crippen MR) is 44.8 cm³/mol. The second-order valence-electron chi connectivity index (χ2n) is 0.429. The minimum atomic E-state index is -3.29. The van der Waals surface area contributed by atoms with Crippen molar-refractivity contribution in [1.82, 2.24) is 0 Å². The standard InChI is InChI=1S/4ClH.H4N2.2H2O.Sn/c;;;;1-2;;;/h4*1H;1-2H2;2*1H2;/q;;;;;;;+4/p-4. The van der Waals surface area contributed by atoms with Crippen molar-refractivity contribution in [3.05, 3.63) is 0 Å². The Kier molecular flexibility index (Phi) is 31.1. The third kappa shape index (κ3) is 184. The van der Waals surface area contributed by atoms with Crippen LogP contribution in [0.25, 0.3) is 0 Å². The summed E-state index contributed by atoms with van der Waals surface area (Å²) in [4.78, 5) is 0. The van der Waals surface area contributed by atoms with Crippen molar-refractivity contribution in [3.63, 3.8) is 0 Å². The molecule has 0 heterocycles. The zero-order chi connectivity index (χ0) is 6.50. The average molecular weight is 329 g/mol. The Morgan fingerprint density at radius 1 is 0.778 bits per heavy atom. The number of nitrogens with two attached hydrogens (primary N) is 2. The van der Waals surface area contributed by atoms with Gasteiger partial charge < -0.3 is 11.0 Å². The first kappa shape index (κ1) is 22.4. The van der Waals surface area contributed by atoms with E-state index < -0.39 is 13.9 Å². The number of hydrogen-bond donors (Lipinski definition) is 2. The first-order valence-corrected chi connectivity index (χ1v) is 15.5. The van der Waals surface area contributed by atoms with Gasteiger partial charge in [-0.3, -0.25) is 11.7 Å². The Morgan fingerprint density at radius 3 is 0.778 bits per heavy atom. The third-order valence-corrected chi connectivity index (χ3v) is 0. The second kappa shape index (κ2) is 12.5. The van der Waals surface area contributed by atoms with Gasteiger partial charge in [-0.05, 0) is 0 Å². The van der Waals surface area contributed by atoms with Crippen LogP contribution in [0.15, 0.2) is 0 Å². The van der Waals surface area contributed by atoms with Crippen LogP contribution in [0.5, 0.6) is 0 Å². The Balaban J connectivity index is -0.0000000286. The van der Waals surface area contributed by atoms with Gasteiger partial charge in [0.25, 0.3) is 0 Å². The molecule has 0 aliphatic rings. The molecule has 62 valence electrons. The monoisotopic (exact) mass is 328 g/mol. The van der Waals surface area contributed by atoms with Gasteiger partial charge in [0.05, 0.1) is 0 Å². The molecule has 0 saturated heterocycles. The molecule has 0 aliphatic carbocycles. The molecule has 0 amide bonds. The van der Waals surface area contributed by atoms with E-state index in [4.69, 9.17) is 35.7 Å². The molecule has 0 unspecified atom stereocenters. The van der Waals surface area contributed by atoms with Crippen LogP contribution < -0.4 is 11.7 Å². The molecule has 9 heavy (non-hydrogen) atoms. The first-order chi connectivity index (χ1) is 3.00. The molecule has 0 aromatic carbocycles. The van der Waals surface area contributed by atoms with E-state index >= 15 is 0 Å². The summed E-state index contributed by atoms with van der Waals surface area (Å²) in [5, 5.41) is 0. The van der Waals surface area contributed by atoms with Crippen LogP contribution in [0.4, 0.5) is 0 Å². The molecule has 0 radical (unpaired) electrons. The fourth-order valence-corrected chi connectivity index (χ4v) is 0. The van der Waals surface area contributed by atoms with Crippen molar-refractivity contribution in [1.29, 1.82) is 0 Å². The molecule has 0 saturated carbocycles. The van der Waals surface area contributed by atoms with Gasteiger partial charge in [0.15, 0.2) is 0 Å². The zero-order valence-corrected chi connectivity index (χ0v) is 10.0. The predicted octanol–water partition coefficient (Wildman–Crippen LogP) is -0.453. The second-order valence-corrected chi connectivity index (χ2v) is 25.9. The summed E-state index contributed by atoms with van der Waals surface area (Å²) in [7, 11) is 20.1. The minimum absolute atomic E-state index is 0. The molecule has 0 atom stereocenters. The van der Waals surface area contributed by atoms with Gasteiger partial charge in [-0.25, -0.2) is 0 Å². The van der Waals surface area contributed by atoms with E-state index in [1.807, 2.05) is 0 Å². The van der Waals surface area contributed by atoms with Crippen LogP contribution in [0.3, 0.4) is 0 Å². The molecular weight excluding hydrogens is 321 g/mol. The van der Waals surface area contributed by atoms with Crippen LogP contribution in [-0.2, 0) is 0 Å². The Hall–Kier alpha value is 1.80. The van der Waals surface area contributed by atoms with E-state index in [1.54, 1.807) is 0 Å². The van der Waals surface area contributed by atoms with Crippen LogP contribution in [0, 0.1) is 0 Å². The SMILES string of the molecule is NN.O.O.[Cl][Sn]([Cl])([Cl])[Cl]. The van der Waals surface area contributed by atoms with Crippen molar-refractivity contribution < 1.29 is 11.0 Å². The summed E-state index contributed by atoms with van der Waals surface area (Å²) in [6.07, 6.45) is 0. The van der Waals surface area contributed by atoms with Crippen molar-refractivity contribution in [2.75, 3.05) is 0 Å². The molecule has 0 aromatic rings. The molecule has 0 fully saturated rings. The summed E-state index contributed by atoms with van der Waals surface area (Å²) < 4.78 is 0. The van der Waals surface area contributed by atoms with Crippen molar-refractivity contribution in [3.8, 4) is 0 Å². The van der Waals surface area contributed by atoms with Gasteiger partial charge in [-0.15, -0.1) is 0 Å². The summed E-state index contributed by atoms with van der Waals surface area (Å²) in [6, 6.07) is 0. The quantitative estimate of drug-likeness (QED) is 0.356. The Morgan fingerprint density at radius 2 is 0.778 bits per heavy atom. The number of hydrogen-bond acceptors (Lipinski definition) is 2. The van der Waals surface area contributed by atoms with E-state index in [0.717, 1.165) is 0 Å². The fourth-order valence-electron chi connectivity index (χ4n) is 0. The summed E-state index contributed by atoms with van der Waals surface area (Å²) in [5.74, 6) is 8.00. The van der Waals surface area contributed by atoms with E-state index in [2.05, 4.69) is 11.7 Å². The summed E-state index contributed by atoms with van der Waals surface area (Å²) >= 11 is -3.29. The molecule has 0 bridgehead atoms. The van der Waals surface area contributed by atoms with Crippen molar-refractivity contribution >= 4 is 49.6 Å². The fraction of sp³-hybridized carbons (Fsp3) is 0.